The number of ether oxygens (including phenoxy) is 1. The van der Waals surface area contributed by atoms with Crippen molar-refractivity contribution in [2.75, 3.05) is 55.0 Å². The zero-order chi connectivity index (χ0) is 16.8. The van der Waals surface area contributed by atoms with Crippen LogP contribution in [0.5, 0.6) is 0 Å². The minimum atomic E-state index is 0.167. The van der Waals surface area contributed by atoms with E-state index in [2.05, 4.69) is 32.0 Å². The van der Waals surface area contributed by atoms with Crippen LogP contribution in [-0.2, 0) is 4.74 Å². The molecule has 0 bridgehead atoms. The van der Waals surface area contributed by atoms with E-state index < -0.39 is 0 Å². The molecule has 0 radical (unpaired) electrons. The Kier molecular flexibility index (Phi) is 6.07. The van der Waals surface area contributed by atoms with Crippen LogP contribution in [0.2, 0.25) is 0 Å². The number of hydrogen-bond donors (Lipinski definition) is 1. The summed E-state index contributed by atoms with van der Waals surface area (Å²) in [4.78, 5) is 18.8. The van der Waals surface area contributed by atoms with E-state index in [1.807, 2.05) is 0 Å². The normalized spacial score (nSPS) is 20.1. The van der Waals surface area contributed by atoms with Crippen molar-refractivity contribution in [2.24, 2.45) is 0 Å². The van der Waals surface area contributed by atoms with Gasteiger partial charge in [-0.15, -0.1) is 0 Å². The molecule has 0 aliphatic carbocycles. The van der Waals surface area contributed by atoms with Crippen LogP contribution >= 0.6 is 0 Å². The molecule has 1 N–H and O–H groups in total. The standard InChI is InChI=1S/C17H30N6O/c1-14(13-24-2)18-15-19-16(22-9-5-3-6-10-22)21-17(20-15)23-11-7-4-8-12-23/h14H,3-13H2,1-2H3,(H,18,19,20,21). The first kappa shape index (κ1) is 17.2. The summed E-state index contributed by atoms with van der Waals surface area (Å²) in [6, 6.07) is 0.167. The van der Waals surface area contributed by atoms with Crippen LogP contribution in [0.4, 0.5) is 17.8 Å². The number of methoxy groups -OCH3 is 1. The Labute approximate surface area is 144 Å². The fraction of sp³-hybridized carbons (Fsp3) is 0.824. The van der Waals surface area contributed by atoms with Crippen molar-refractivity contribution < 1.29 is 4.74 Å². The molecule has 2 saturated heterocycles. The first-order valence-corrected chi connectivity index (χ1v) is 9.27. The molecular formula is C17H30N6O. The summed E-state index contributed by atoms with van der Waals surface area (Å²) >= 11 is 0. The maximum atomic E-state index is 5.21. The van der Waals surface area contributed by atoms with Gasteiger partial charge >= 0.3 is 0 Å². The second-order valence-corrected chi connectivity index (χ2v) is 6.86. The minimum Gasteiger partial charge on any atom is -0.383 e. The predicted octanol–water partition coefficient (Wildman–Crippen LogP) is 2.30. The Morgan fingerprint density at radius 3 is 1.83 bits per heavy atom. The number of piperidine rings is 2. The van der Waals surface area contributed by atoms with Gasteiger partial charge in [-0.1, -0.05) is 0 Å². The Balaban J connectivity index is 1.82. The zero-order valence-corrected chi connectivity index (χ0v) is 15.0. The number of rotatable bonds is 6. The van der Waals surface area contributed by atoms with Gasteiger partial charge in [0.05, 0.1) is 6.61 Å². The SMILES string of the molecule is COCC(C)Nc1nc(N2CCCCC2)nc(N2CCCCC2)n1. The zero-order valence-electron chi connectivity index (χ0n) is 15.0. The molecule has 3 rings (SSSR count). The lowest BCUT2D eigenvalue weighted by atomic mass is 10.1. The minimum absolute atomic E-state index is 0.167. The van der Waals surface area contributed by atoms with Gasteiger partial charge in [0.25, 0.3) is 0 Å². The lowest BCUT2D eigenvalue weighted by Gasteiger charge is -2.30. The topological polar surface area (TPSA) is 66.4 Å². The van der Waals surface area contributed by atoms with Gasteiger partial charge in [-0.2, -0.15) is 15.0 Å². The second kappa shape index (κ2) is 8.46. The van der Waals surface area contributed by atoms with E-state index in [4.69, 9.17) is 9.72 Å². The van der Waals surface area contributed by atoms with Gasteiger partial charge < -0.3 is 19.9 Å². The maximum Gasteiger partial charge on any atom is 0.231 e. The highest BCUT2D eigenvalue weighted by molar-refractivity contribution is 5.46. The lowest BCUT2D eigenvalue weighted by Crippen LogP contribution is -2.35. The first-order chi connectivity index (χ1) is 11.8. The maximum absolute atomic E-state index is 5.21. The Hall–Kier alpha value is -1.63. The van der Waals surface area contributed by atoms with Gasteiger partial charge in [0.15, 0.2) is 0 Å². The second-order valence-electron chi connectivity index (χ2n) is 6.86. The highest BCUT2D eigenvalue weighted by atomic mass is 16.5. The predicted molar refractivity (Wildman–Crippen MR) is 96.9 cm³/mol. The average Bonchev–Trinajstić information content (AvgIpc) is 2.63. The molecule has 3 heterocycles. The van der Waals surface area contributed by atoms with Crippen molar-refractivity contribution in [3.05, 3.63) is 0 Å². The van der Waals surface area contributed by atoms with Gasteiger partial charge in [0.2, 0.25) is 17.8 Å². The van der Waals surface area contributed by atoms with E-state index in [-0.39, 0.29) is 6.04 Å². The van der Waals surface area contributed by atoms with E-state index >= 15 is 0 Å². The fourth-order valence-corrected chi connectivity index (χ4v) is 3.40. The van der Waals surface area contributed by atoms with Gasteiger partial charge in [-0.25, -0.2) is 0 Å². The summed E-state index contributed by atoms with van der Waals surface area (Å²) in [6.45, 7) is 6.86. The fourth-order valence-electron chi connectivity index (χ4n) is 3.40. The molecule has 1 unspecified atom stereocenters. The van der Waals surface area contributed by atoms with Crippen molar-refractivity contribution in [3.8, 4) is 0 Å². The van der Waals surface area contributed by atoms with Crippen molar-refractivity contribution in [1.29, 1.82) is 0 Å². The van der Waals surface area contributed by atoms with Crippen LogP contribution < -0.4 is 15.1 Å². The van der Waals surface area contributed by atoms with Crippen molar-refractivity contribution in [3.63, 3.8) is 0 Å². The summed E-state index contributed by atoms with van der Waals surface area (Å²) in [5, 5.41) is 3.36. The van der Waals surface area contributed by atoms with Crippen LogP contribution in [0.25, 0.3) is 0 Å². The molecule has 1 atom stereocenters. The molecule has 2 aliphatic heterocycles. The van der Waals surface area contributed by atoms with Gasteiger partial charge in [0, 0.05) is 39.3 Å². The van der Waals surface area contributed by atoms with Crippen molar-refractivity contribution in [1.82, 2.24) is 15.0 Å². The molecule has 0 spiro atoms. The van der Waals surface area contributed by atoms with Crippen LogP contribution in [0.3, 0.4) is 0 Å². The van der Waals surface area contributed by atoms with Crippen molar-refractivity contribution in [2.45, 2.75) is 51.5 Å². The molecule has 1 aromatic rings. The van der Waals surface area contributed by atoms with E-state index in [0.29, 0.717) is 12.6 Å². The molecular weight excluding hydrogens is 304 g/mol. The Morgan fingerprint density at radius 2 is 1.38 bits per heavy atom. The van der Waals surface area contributed by atoms with Crippen LogP contribution in [0, 0.1) is 0 Å². The highest BCUT2D eigenvalue weighted by Crippen LogP contribution is 2.22. The molecule has 2 aliphatic rings. The molecule has 7 nitrogen and oxygen atoms in total. The summed E-state index contributed by atoms with van der Waals surface area (Å²) in [5.74, 6) is 2.30. The molecule has 1 aromatic heterocycles. The van der Waals surface area contributed by atoms with Crippen LogP contribution in [0.1, 0.15) is 45.4 Å². The first-order valence-electron chi connectivity index (χ1n) is 9.27. The number of nitrogens with one attached hydrogen (secondary N) is 1. The number of nitrogens with zero attached hydrogens (tertiary/aromatic N) is 5. The average molecular weight is 334 g/mol. The lowest BCUT2D eigenvalue weighted by molar-refractivity contribution is 0.190. The quantitative estimate of drug-likeness (QED) is 0.856. The highest BCUT2D eigenvalue weighted by Gasteiger charge is 2.20. The molecule has 0 amide bonds. The molecule has 134 valence electrons. The molecule has 7 heteroatoms. The molecule has 0 saturated carbocycles. The third-order valence-corrected chi connectivity index (χ3v) is 4.68. The Morgan fingerprint density at radius 1 is 0.875 bits per heavy atom. The van der Waals surface area contributed by atoms with E-state index in [0.717, 1.165) is 38.1 Å². The summed E-state index contributed by atoms with van der Waals surface area (Å²) in [6.07, 6.45) is 7.47. The van der Waals surface area contributed by atoms with Crippen LogP contribution in [0.15, 0.2) is 0 Å². The number of aromatic nitrogens is 3. The summed E-state index contributed by atoms with van der Waals surface area (Å²) in [5.41, 5.74) is 0. The summed E-state index contributed by atoms with van der Waals surface area (Å²) in [7, 11) is 1.71. The van der Waals surface area contributed by atoms with E-state index in [9.17, 15) is 0 Å². The van der Waals surface area contributed by atoms with Gasteiger partial charge in [0.1, 0.15) is 0 Å². The van der Waals surface area contributed by atoms with Crippen LogP contribution in [-0.4, -0.2) is 60.9 Å². The largest absolute Gasteiger partial charge is 0.383 e. The number of hydrogen-bond acceptors (Lipinski definition) is 7. The Bertz CT molecular complexity index is 478. The van der Waals surface area contributed by atoms with E-state index in [1.165, 1.54) is 38.5 Å². The monoisotopic (exact) mass is 334 g/mol. The summed E-state index contributed by atoms with van der Waals surface area (Å²) < 4.78 is 5.21. The molecule has 2 fully saturated rings. The number of anilines is 3. The van der Waals surface area contributed by atoms with E-state index in [1.54, 1.807) is 7.11 Å². The van der Waals surface area contributed by atoms with Crippen molar-refractivity contribution >= 4 is 17.8 Å². The van der Waals surface area contributed by atoms with Gasteiger partial charge in [-0.3, -0.25) is 0 Å². The van der Waals surface area contributed by atoms with Gasteiger partial charge in [-0.05, 0) is 45.4 Å². The third kappa shape index (κ3) is 4.47. The molecule has 24 heavy (non-hydrogen) atoms. The third-order valence-electron chi connectivity index (χ3n) is 4.68. The molecule has 0 aromatic carbocycles. The smallest absolute Gasteiger partial charge is 0.231 e.